The maximum Gasteiger partial charge on any atom is 0.231 e. The first kappa shape index (κ1) is 16.0. The van der Waals surface area contributed by atoms with Crippen molar-refractivity contribution in [1.82, 2.24) is 4.98 Å². The predicted octanol–water partition coefficient (Wildman–Crippen LogP) is 3.85. The minimum absolute atomic E-state index is 0.250. The van der Waals surface area contributed by atoms with Gasteiger partial charge in [0, 0.05) is 18.1 Å². The van der Waals surface area contributed by atoms with Crippen molar-refractivity contribution in [3.8, 4) is 23.3 Å². The van der Waals surface area contributed by atoms with Crippen molar-refractivity contribution in [3.05, 3.63) is 53.7 Å². The first-order valence-electron chi connectivity index (χ1n) is 8.36. The summed E-state index contributed by atoms with van der Waals surface area (Å²) >= 11 is 0. The van der Waals surface area contributed by atoms with Crippen LogP contribution in [0.3, 0.4) is 0 Å². The van der Waals surface area contributed by atoms with Crippen LogP contribution in [0.25, 0.3) is 10.9 Å². The number of rotatable bonds is 5. The fourth-order valence-corrected chi connectivity index (χ4v) is 2.94. The quantitative estimate of drug-likeness (QED) is 0.755. The van der Waals surface area contributed by atoms with Gasteiger partial charge in [-0.15, -0.1) is 0 Å². The minimum Gasteiger partial charge on any atom is -0.494 e. The summed E-state index contributed by atoms with van der Waals surface area (Å²) in [5, 5.41) is 13.7. The summed E-state index contributed by atoms with van der Waals surface area (Å²) in [5.41, 5.74) is 3.08. The van der Waals surface area contributed by atoms with Crippen molar-refractivity contribution >= 4 is 16.6 Å². The van der Waals surface area contributed by atoms with Crippen molar-refractivity contribution in [2.45, 2.75) is 13.5 Å². The lowest BCUT2D eigenvalue weighted by Gasteiger charge is -2.13. The van der Waals surface area contributed by atoms with E-state index in [1.807, 2.05) is 43.3 Å². The predicted molar refractivity (Wildman–Crippen MR) is 97.5 cm³/mol. The van der Waals surface area contributed by atoms with Crippen molar-refractivity contribution in [2.24, 2.45) is 0 Å². The molecule has 1 aliphatic heterocycles. The smallest absolute Gasteiger partial charge is 0.231 e. The number of anilines is 1. The van der Waals surface area contributed by atoms with Crippen LogP contribution < -0.4 is 19.5 Å². The van der Waals surface area contributed by atoms with Gasteiger partial charge in [0.25, 0.3) is 0 Å². The van der Waals surface area contributed by atoms with Gasteiger partial charge in [-0.2, -0.15) is 5.26 Å². The van der Waals surface area contributed by atoms with Crippen LogP contribution in [0.1, 0.15) is 18.1 Å². The van der Waals surface area contributed by atoms with Gasteiger partial charge in [0.2, 0.25) is 6.79 Å². The molecule has 0 atom stereocenters. The molecule has 6 nitrogen and oxygen atoms in total. The third-order valence-corrected chi connectivity index (χ3v) is 4.18. The highest BCUT2D eigenvalue weighted by atomic mass is 16.7. The molecule has 0 spiro atoms. The molecule has 130 valence electrons. The molecule has 0 fully saturated rings. The van der Waals surface area contributed by atoms with E-state index in [4.69, 9.17) is 14.2 Å². The SMILES string of the molecule is CCOc1ccc2ncc(C#N)c(NCc3ccc4c(c3)OCO4)c2c1. The van der Waals surface area contributed by atoms with Gasteiger partial charge >= 0.3 is 0 Å². The fourth-order valence-electron chi connectivity index (χ4n) is 2.94. The Morgan fingerprint density at radius 2 is 2.08 bits per heavy atom. The highest BCUT2D eigenvalue weighted by molar-refractivity contribution is 5.94. The molecule has 1 N–H and O–H groups in total. The van der Waals surface area contributed by atoms with Gasteiger partial charge in [0.15, 0.2) is 11.5 Å². The van der Waals surface area contributed by atoms with Gasteiger partial charge in [-0.25, -0.2) is 0 Å². The summed E-state index contributed by atoms with van der Waals surface area (Å²) in [5.74, 6) is 2.24. The second kappa shape index (κ2) is 6.81. The van der Waals surface area contributed by atoms with Crippen LogP contribution in [0, 0.1) is 11.3 Å². The van der Waals surface area contributed by atoms with E-state index in [1.165, 1.54) is 0 Å². The Bertz CT molecular complexity index is 1010. The molecule has 6 heteroatoms. The van der Waals surface area contributed by atoms with Crippen molar-refractivity contribution in [3.63, 3.8) is 0 Å². The number of benzene rings is 2. The van der Waals surface area contributed by atoms with E-state index in [1.54, 1.807) is 6.20 Å². The van der Waals surface area contributed by atoms with Gasteiger partial charge < -0.3 is 19.5 Å². The van der Waals surface area contributed by atoms with E-state index < -0.39 is 0 Å². The van der Waals surface area contributed by atoms with E-state index in [2.05, 4.69) is 16.4 Å². The van der Waals surface area contributed by atoms with Crippen molar-refractivity contribution < 1.29 is 14.2 Å². The Balaban J connectivity index is 1.67. The zero-order chi connectivity index (χ0) is 17.9. The highest BCUT2D eigenvalue weighted by Crippen LogP contribution is 2.33. The molecule has 1 aromatic heterocycles. The molecule has 26 heavy (non-hydrogen) atoms. The maximum atomic E-state index is 9.48. The lowest BCUT2D eigenvalue weighted by Crippen LogP contribution is -2.03. The molecule has 0 amide bonds. The zero-order valence-corrected chi connectivity index (χ0v) is 14.3. The highest BCUT2D eigenvalue weighted by Gasteiger charge is 2.14. The summed E-state index contributed by atoms with van der Waals surface area (Å²) in [7, 11) is 0. The summed E-state index contributed by atoms with van der Waals surface area (Å²) in [6.45, 7) is 3.31. The Hall–Kier alpha value is -3.46. The first-order chi connectivity index (χ1) is 12.8. The molecule has 3 aromatic rings. The number of aromatic nitrogens is 1. The summed E-state index contributed by atoms with van der Waals surface area (Å²) < 4.78 is 16.3. The lowest BCUT2D eigenvalue weighted by atomic mass is 10.1. The van der Waals surface area contributed by atoms with Gasteiger partial charge in [0.05, 0.1) is 23.4 Å². The largest absolute Gasteiger partial charge is 0.494 e. The molecule has 0 radical (unpaired) electrons. The number of ether oxygens (including phenoxy) is 3. The van der Waals surface area contributed by atoms with Crippen molar-refractivity contribution in [1.29, 1.82) is 5.26 Å². The summed E-state index contributed by atoms with van der Waals surface area (Å²) in [6, 6.07) is 13.7. The average molecular weight is 347 g/mol. The average Bonchev–Trinajstić information content (AvgIpc) is 3.14. The van der Waals surface area contributed by atoms with Crippen LogP contribution in [0.5, 0.6) is 17.2 Å². The van der Waals surface area contributed by atoms with Gasteiger partial charge in [0.1, 0.15) is 11.8 Å². The molecular weight excluding hydrogens is 330 g/mol. The van der Waals surface area contributed by atoms with Gasteiger partial charge in [-0.1, -0.05) is 6.07 Å². The number of nitrogens with one attached hydrogen (secondary N) is 1. The first-order valence-corrected chi connectivity index (χ1v) is 8.36. The Morgan fingerprint density at radius 3 is 2.92 bits per heavy atom. The van der Waals surface area contributed by atoms with Crippen LogP contribution in [0.4, 0.5) is 5.69 Å². The topological polar surface area (TPSA) is 76.4 Å². The van der Waals surface area contributed by atoms with Gasteiger partial charge in [-0.05, 0) is 42.8 Å². The number of hydrogen-bond acceptors (Lipinski definition) is 6. The number of nitrogens with zero attached hydrogens (tertiary/aromatic N) is 2. The maximum absolute atomic E-state index is 9.48. The Labute approximate surface area is 150 Å². The van der Waals surface area contributed by atoms with Crippen LogP contribution in [-0.4, -0.2) is 18.4 Å². The second-order valence-corrected chi connectivity index (χ2v) is 5.81. The molecule has 0 unspecified atom stereocenters. The zero-order valence-electron chi connectivity index (χ0n) is 14.3. The molecule has 0 bridgehead atoms. The van der Waals surface area contributed by atoms with E-state index in [0.29, 0.717) is 18.7 Å². The van der Waals surface area contributed by atoms with Crippen LogP contribution >= 0.6 is 0 Å². The monoisotopic (exact) mass is 347 g/mol. The Morgan fingerprint density at radius 1 is 1.19 bits per heavy atom. The third-order valence-electron chi connectivity index (χ3n) is 4.18. The molecule has 0 saturated heterocycles. The van der Waals surface area contributed by atoms with E-state index in [-0.39, 0.29) is 6.79 Å². The standard InChI is InChI=1S/C20H17N3O3/c1-2-24-15-4-5-17-16(8-15)20(14(9-21)11-22-17)23-10-13-3-6-18-19(7-13)26-12-25-18/h3-8,11H,2,10,12H2,1H3,(H,22,23). The Kier molecular flexibility index (Phi) is 4.20. The number of hydrogen-bond donors (Lipinski definition) is 1. The molecule has 2 heterocycles. The second-order valence-electron chi connectivity index (χ2n) is 5.81. The minimum atomic E-state index is 0.250. The molecule has 0 saturated carbocycles. The summed E-state index contributed by atoms with van der Waals surface area (Å²) in [6.07, 6.45) is 1.59. The number of nitriles is 1. The van der Waals surface area contributed by atoms with E-state index in [0.717, 1.165) is 39.4 Å². The van der Waals surface area contributed by atoms with E-state index in [9.17, 15) is 5.26 Å². The van der Waals surface area contributed by atoms with Crippen LogP contribution in [-0.2, 0) is 6.54 Å². The van der Waals surface area contributed by atoms with Gasteiger partial charge in [-0.3, -0.25) is 4.98 Å². The molecule has 0 aliphatic carbocycles. The normalized spacial score (nSPS) is 12.0. The molecular formula is C20H17N3O3. The van der Waals surface area contributed by atoms with E-state index >= 15 is 0 Å². The fraction of sp³-hybridized carbons (Fsp3) is 0.200. The number of fused-ring (bicyclic) bond motifs is 2. The van der Waals surface area contributed by atoms with Crippen LogP contribution in [0.15, 0.2) is 42.6 Å². The number of pyridine rings is 1. The molecule has 1 aliphatic rings. The third kappa shape index (κ3) is 2.95. The molecule has 2 aromatic carbocycles. The lowest BCUT2D eigenvalue weighted by molar-refractivity contribution is 0.174. The summed E-state index contributed by atoms with van der Waals surface area (Å²) in [4.78, 5) is 4.36. The van der Waals surface area contributed by atoms with Crippen LogP contribution in [0.2, 0.25) is 0 Å². The molecule has 4 rings (SSSR count). The van der Waals surface area contributed by atoms with Crippen molar-refractivity contribution in [2.75, 3.05) is 18.7 Å².